The highest BCUT2D eigenvalue weighted by molar-refractivity contribution is 7.87. The van der Waals surface area contributed by atoms with Crippen molar-refractivity contribution < 1.29 is 35.2 Å². The number of benzene rings is 4. The Bertz CT molecular complexity index is 2120. The summed E-state index contributed by atoms with van der Waals surface area (Å²) in [7, 11) is -9.26. The minimum atomic E-state index is -4.65. The number of halogens is 3. The molecule has 2 aliphatic heterocycles. The minimum absolute atomic E-state index is 0.00316. The lowest BCUT2D eigenvalue weighted by atomic mass is 10.0. The first-order valence-electron chi connectivity index (χ1n) is 14.5. The van der Waals surface area contributed by atoms with Crippen LogP contribution < -0.4 is 10.4 Å². The van der Waals surface area contributed by atoms with E-state index in [1.165, 1.54) is 36.4 Å². The van der Waals surface area contributed by atoms with E-state index in [9.17, 15) is 26.2 Å². The molecule has 4 aromatic carbocycles. The van der Waals surface area contributed by atoms with Gasteiger partial charge < -0.3 is 0 Å². The maximum Gasteiger partial charge on any atom is 0.346 e. The van der Waals surface area contributed by atoms with Crippen molar-refractivity contribution in [3.05, 3.63) is 99.5 Å². The number of carbonyl (C=O) groups is 1. The van der Waals surface area contributed by atoms with Crippen LogP contribution in [0.4, 0.5) is 5.69 Å². The first-order valence-corrected chi connectivity index (χ1v) is 18.5. The standard InChI is InChI=1S/C31H27Cl3N4O7S2/c32-21-12-10-20(11-13-21)28-19-26(35-37(28)27-15-14-22(33)18-25(27)34)31(39)36-38(16-2-1-3-17-38)45-47(43,44)30-9-5-6-23-24(30)7-4-8-29(23)46(40,41)42/h4-15,18,28H,1-3,16-17,19H2,(H-,36,39,40,41,42)/p+1/t28-/m0/s1. The molecular formula is C31H28Cl3N4O7S2+. The fraction of sp³-hybridized carbons (Fsp3) is 0.226. The smallest absolute Gasteiger partial charge is 0.282 e. The number of rotatable bonds is 8. The molecule has 0 spiro atoms. The summed E-state index contributed by atoms with van der Waals surface area (Å²) >= 11 is 18.8. The van der Waals surface area contributed by atoms with E-state index in [0.29, 0.717) is 33.6 Å². The van der Waals surface area contributed by atoms with E-state index < -0.39 is 41.8 Å². The molecule has 0 bridgehead atoms. The monoisotopic (exact) mass is 737 g/mol. The Balaban J connectivity index is 1.34. The third-order valence-electron chi connectivity index (χ3n) is 8.06. The molecule has 1 saturated heterocycles. The van der Waals surface area contributed by atoms with Crippen LogP contribution in [-0.2, 0) is 29.3 Å². The number of hydrogen-bond donors (Lipinski definition) is 2. The molecule has 1 fully saturated rings. The molecule has 16 heteroatoms. The lowest BCUT2D eigenvalue weighted by Crippen LogP contribution is -2.64. The van der Waals surface area contributed by atoms with Crippen LogP contribution >= 0.6 is 34.8 Å². The van der Waals surface area contributed by atoms with Gasteiger partial charge in [0.05, 0.1) is 16.8 Å². The van der Waals surface area contributed by atoms with Crippen molar-refractivity contribution in [1.29, 1.82) is 0 Å². The van der Waals surface area contributed by atoms with Crippen LogP contribution in [0.15, 0.2) is 93.8 Å². The Kier molecular flexibility index (Phi) is 9.28. The zero-order valence-electron chi connectivity index (χ0n) is 24.5. The molecule has 2 aliphatic rings. The third kappa shape index (κ3) is 6.99. The topological polar surface area (TPSA) is 142 Å². The number of piperidine rings is 1. The average Bonchev–Trinajstić information content (AvgIpc) is 3.46. The van der Waals surface area contributed by atoms with E-state index in [2.05, 4.69) is 10.5 Å². The SMILES string of the molecule is O=C(N[N+]1(OS(=O)(=O)c2cccc3c(S(=O)(=O)O)cccc23)CCCCC1)C1=NN(c2ccc(Cl)cc2Cl)[C@H](c2ccc(Cl)cc2)C1. The molecule has 0 unspecified atom stereocenters. The van der Waals surface area contributed by atoms with E-state index in [-0.39, 0.29) is 40.9 Å². The van der Waals surface area contributed by atoms with Crippen molar-refractivity contribution in [1.82, 2.24) is 5.43 Å². The largest absolute Gasteiger partial charge is 0.346 e. The number of hydrogen-bond acceptors (Lipinski definition) is 8. The fourth-order valence-corrected chi connectivity index (χ4v) is 8.54. The summed E-state index contributed by atoms with van der Waals surface area (Å²) in [5, 5.41) is 7.58. The minimum Gasteiger partial charge on any atom is -0.282 e. The maximum absolute atomic E-state index is 13.9. The van der Waals surface area contributed by atoms with Gasteiger partial charge in [0.25, 0.3) is 10.1 Å². The molecule has 2 heterocycles. The summed E-state index contributed by atoms with van der Waals surface area (Å²) in [4.78, 5) is 13.2. The number of amides is 1. The Morgan fingerprint density at radius 3 is 2.11 bits per heavy atom. The van der Waals surface area contributed by atoms with E-state index in [4.69, 9.17) is 39.1 Å². The van der Waals surface area contributed by atoms with Gasteiger partial charge in [0.2, 0.25) is 0 Å². The highest BCUT2D eigenvalue weighted by Crippen LogP contribution is 2.40. The molecule has 246 valence electrons. The third-order valence-corrected chi connectivity index (χ3v) is 11.1. The predicted molar refractivity (Wildman–Crippen MR) is 179 cm³/mol. The van der Waals surface area contributed by atoms with Gasteiger partial charge in [-0.25, -0.2) is 0 Å². The summed E-state index contributed by atoms with van der Waals surface area (Å²) in [5.41, 5.74) is 4.23. The first kappa shape index (κ1) is 33.6. The van der Waals surface area contributed by atoms with E-state index in [1.807, 2.05) is 12.1 Å². The summed E-state index contributed by atoms with van der Waals surface area (Å²) in [5.74, 6) is -0.639. The molecule has 0 radical (unpaired) electrons. The van der Waals surface area contributed by atoms with Gasteiger partial charge in [0.1, 0.15) is 28.6 Å². The van der Waals surface area contributed by atoms with Gasteiger partial charge >= 0.3 is 16.0 Å². The van der Waals surface area contributed by atoms with Gasteiger partial charge in [-0.15, -0.1) is 0 Å². The predicted octanol–water partition coefficient (Wildman–Crippen LogP) is 6.71. The fourth-order valence-electron chi connectivity index (χ4n) is 5.88. The zero-order valence-corrected chi connectivity index (χ0v) is 28.4. The second-order valence-corrected chi connectivity index (χ2v) is 15.4. The van der Waals surface area contributed by atoms with Crippen molar-refractivity contribution in [3.63, 3.8) is 0 Å². The van der Waals surface area contributed by atoms with Crippen LogP contribution in [0.1, 0.15) is 37.3 Å². The molecule has 6 rings (SSSR count). The molecule has 4 aromatic rings. The van der Waals surface area contributed by atoms with Crippen LogP contribution in [0.5, 0.6) is 0 Å². The van der Waals surface area contributed by atoms with E-state index in [1.54, 1.807) is 35.3 Å². The van der Waals surface area contributed by atoms with Crippen molar-refractivity contribution in [3.8, 4) is 0 Å². The average molecular weight is 739 g/mol. The Morgan fingerprint density at radius 2 is 1.47 bits per heavy atom. The second-order valence-electron chi connectivity index (χ2n) is 11.2. The number of nitrogens with zero attached hydrogens (tertiary/aromatic N) is 3. The molecule has 1 atom stereocenters. The van der Waals surface area contributed by atoms with Gasteiger partial charge in [-0.3, -0.25) is 14.4 Å². The van der Waals surface area contributed by atoms with Gasteiger partial charge in [-0.2, -0.15) is 27.4 Å². The molecule has 1 amide bonds. The number of anilines is 1. The van der Waals surface area contributed by atoms with Crippen molar-refractivity contribution in [2.75, 3.05) is 18.1 Å². The lowest BCUT2D eigenvalue weighted by molar-refractivity contribution is -1.11. The number of fused-ring (bicyclic) bond motifs is 1. The van der Waals surface area contributed by atoms with Gasteiger partial charge in [0.15, 0.2) is 0 Å². The van der Waals surface area contributed by atoms with Crippen LogP contribution in [0, 0.1) is 0 Å². The summed E-state index contributed by atoms with van der Waals surface area (Å²) < 4.78 is 66.5. The molecule has 0 aliphatic carbocycles. The summed E-state index contributed by atoms with van der Waals surface area (Å²) in [6.07, 6.45) is 2.07. The lowest BCUT2D eigenvalue weighted by Gasteiger charge is -2.35. The molecule has 0 saturated carbocycles. The zero-order chi connectivity index (χ0) is 33.6. The van der Waals surface area contributed by atoms with Crippen LogP contribution in [0.3, 0.4) is 0 Å². The quantitative estimate of drug-likeness (QED) is 0.150. The molecule has 2 N–H and O–H groups in total. The maximum atomic E-state index is 13.9. The van der Waals surface area contributed by atoms with E-state index >= 15 is 0 Å². The Labute approximate surface area is 286 Å². The van der Waals surface area contributed by atoms with Crippen LogP contribution in [-0.4, -0.2) is 50.9 Å². The van der Waals surface area contributed by atoms with Crippen LogP contribution in [0.25, 0.3) is 10.8 Å². The summed E-state index contributed by atoms with van der Waals surface area (Å²) in [6.45, 7) is 0.291. The Morgan fingerprint density at radius 1 is 0.851 bits per heavy atom. The van der Waals surface area contributed by atoms with Gasteiger partial charge in [-0.1, -0.05) is 76.0 Å². The van der Waals surface area contributed by atoms with Gasteiger partial charge in [0, 0.05) is 40.1 Å². The van der Waals surface area contributed by atoms with Crippen molar-refractivity contribution >= 4 is 83.1 Å². The van der Waals surface area contributed by atoms with Gasteiger partial charge in [-0.05, 0) is 58.7 Å². The first-order chi connectivity index (χ1) is 22.3. The van der Waals surface area contributed by atoms with Crippen LogP contribution in [0.2, 0.25) is 15.1 Å². The van der Waals surface area contributed by atoms with Crippen molar-refractivity contribution in [2.45, 2.75) is 41.5 Å². The number of quaternary nitrogens is 1. The molecular weight excluding hydrogens is 711 g/mol. The molecule has 47 heavy (non-hydrogen) atoms. The molecule has 0 aromatic heterocycles. The van der Waals surface area contributed by atoms with E-state index in [0.717, 1.165) is 12.0 Å². The summed E-state index contributed by atoms with van der Waals surface area (Å²) in [6, 6.07) is 19.5. The highest BCUT2D eigenvalue weighted by atomic mass is 35.5. The number of hydrazone groups is 1. The van der Waals surface area contributed by atoms with Crippen molar-refractivity contribution in [2.24, 2.45) is 5.10 Å². The Hall–Kier alpha value is -3.27. The number of carbonyl (C=O) groups excluding carboxylic acids is 1. The molecule has 11 nitrogen and oxygen atoms in total. The number of nitrogens with one attached hydrogen (secondary N) is 1. The normalized spacial score (nSPS) is 18.3. The number of hydroxylamine groups is 2. The second kappa shape index (κ2) is 13.0. The highest BCUT2D eigenvalue weighted by Gasteiger charge is 2.44.